The second-order valence-electron chi connectivity index (χ2n) is 6.67. The molecule has 0 saturated heterocycles. The molecule has 3 aromatic rings. The highest BCUT2D eigenvalue weighted by Gasteiger charge is 2.15. The molecule has 1 N–H and O–H groups in total. The smallest absolute Gasteiger partial charge is 0.221 e. The van der Waals surface area contributed by atoms with Gasteiger partial charge in [-0.1, -0.05) is 18.2 Å². The van der Waals surface area contributed by atoms with Crippen LogP contribution in [-0.2, 0) is 17.8 Å². The number of fused-ring (bicyclic) bond motifs is 1. The molecule has 0 aliphatic heterocycles. The minimum Gasteiger partial charge on any atom is -0.356 e. The molecule has 1 aromatic carbocycles. The molecule has 0 radical (unpaired) electrons. The Hall–Kier alpha value is -2.70. The van der Waals surface area contributed by atoms with Crippen LogP contribution in [0.4, 0.5) is 4.39 Å². The molecule has 138 valence electrons. The molecular weight excluding hydrogens is 333 g/mol. The highest BCUT2D eigenvalue weighted by molar-refractivity contribution is 5.79. The maximum Gasteiger partial charge on any atom is 0.221 e. The number of nitrogens with zero attached hydrogens (tertiary/aromatic N) is 4. The number of aryl methyl sites for hydroxylation is 2. The van der Waals surface area contributed by atoms with Crippen LogP contribution in [0.3, 0.4) is 0 Å². The summed E-state index contributed by atoms with van der Waals surface area (Å²) in [4.78, 5) is 12.1. The molecular formula is C19H24FN5O. The summed E-state index contributed by atoms with van der Waals surface area (Å²) in [7, 11) is 0. The van der Waals surface area contributed by atoms with Crippen LogP contribution in [0.2, 0.25) is 0 Å². The van der Waals surface area contributed by atoms with Gasteiger partial charge in [0.15, 0.2) is 0 Å². The van der Waals surface area contributed by atoms with Crippen molar-refractivity contribution in [3.05, 3.63) is 47.5 Å². The molecule has 0 fully saturated rings. The van der Waals surface area contributed by atoms with Crippen molar-refractivity contribution in [1.29, 1.82) is 0 Å². The van der Waals surface area contributed by atoms with Crippen LogP contribution in [0.1, 0.15) is 37.6 Å². The summed E-state index contributed by atoms with van der Waals surface area (Å²) < 4.78 is 17.3. The molecule has 2 aromatic heterocycles. The number of benzene rings is 1. The Labute approximate surface area is 152 Å². The van der Waals surface area contributed by atoms with E-state index in [9.17, 15) is 9.18 Å². The van der Waals surface area contributed by atoms with Gasteiger partial charge in [0.05, 0.1) is 18.4 Å². The van der Waals surface area contributed by atoms with E-state index in [1.54, 1.807) is 24.4 Å². The maximum absolute atomic E-state index is 13.6. The van der Waals surface area contributed by atoms with E-state index < -0.39 is 0 Å². The van der Waals surface area contributed by atoms with Gasteiger partial charge in [0.1, 0.15) is 16.9 Å². The first kappa shape index (κ1) is 18.1. The lowest BCUT2D eigenvalue weighted by Crippen LogP contribution is -2.26. The average molecular weight is 357 g/mol. The first-order valence-electron chi connectivity index (χ1n) is 8.88. The fourth-order valence-electron chi connectivity index (χ4n) is 3.07. The number of hydrogen-bond donors (Lipinski definition) is 1. The van der Waals surface area contributed by atoms with E-state index in [-0.39, 0.29) is 17.8 Å². The SMILES string of the molecule is Cc1nn(C(C)C)c2cnn(CCC(=O)NCCc3ccccc3F)c12. The molecule has 0 aliphatic carbocycles. The van der Waals surface area contributed by atoms with E-state index in [0.29, 0.717) is 31.5 Å². The van der Waals surface area contributed by atoms with Crippen molar-refractivity contribution in [2.24, 2.45) is 0 Å². The third-order valence-corrected chi connectivity index (χ3v) is 4.38. The summed E-state index contributed by atoms with van der Waals surface area (Å²) >= 11 is 0. The third-order valence-electron chi connectivity index (χ3n) is 4.38. The summed E-state index contributed by atoms with van der Waals surface area (Å²) in [5.74, 6) is -0.308. The molecule has 0 aliphatic rings. The van der Waals surface area contributed by atoms with Crippen molar-refractivity contribution in [2.75, 3.05) is 6.54 Å². The second kappa shape index (κ2) is 7.68. The fourth-order valence-corrected chi connectivity index (χ4v) is 3.07. The van der Waals surface area contributed by atoms with E-state index in [1.165, 1.54) is 6.07 Å². The zero-order valence-electron chi connectivity index (χ0n) is 15.4. The minimum absolute atomic E-state index is 0.0705. The van der Waals surface area contributed by atoms with E-state index in [2.05, 4.69) is 29.4 Å². The number of rotatable bonds is 7. The average Bonchev–Trinajstić information content (AvgIpc) is 3.16. The lowest BCUT2D eigenvalue weighted by atomic mass is 10.1. The Morgan fingerprint density at radius 1 is 1.31 bits per heavy atom. The van der Waals surface area contributed by atoms with Gasteiger partial charge >= 0.3 is 0 Å². The van der Waals surface area contributed by atoms with Gasteiger partial charge in [0.2, 0.25) is 5.91 Å². The van der Waals surface area contributed by atoms with Crippen LogP contribution in [0.15, 0.2) is 30.5 Å². The van der Waals surface area contributed by atoms with Crippen molar-refractivity contribution >= 4 is 16.9 Å². The van der Waals surface area contributed by atoms with Crippen LogP contribution in [0, 0.1) is 12.7 Å². The number of aromatic nitrogens is 4. The standard InChI is InChI=1S/C19H24FN5O/c1-13(2)25-17-12-22-24(19(17)14(3)23-25)11-9-18(26)21-10-8-15-6-4-5-7-16(15)20/h4-7,12-13H,8-11H2,1-3H3,(H,21,26). The summed E-state index contributed by atoms with van der Waals surface area (Å²) in [5.41, 5.74) is 3.47. The highest BCUT2D eigenvalue weighted by atomic mass is 19.1. The van der Waals surface area contributed by atoms with Crippen LogP contribution >= 0.6 is 0 Å². The first-order chi connectivity index (χ1) is 12.5. The number of halogens is 1. The van der Waals surface area contributed by atoms with E-state index >= 15 is 0 Å². The molecule has 6 nitrogen and oxygen atoms in total. The van der Waals surface area contributed by atoms with Crippen LogP contribution in [0.25, 0.3) is 11.0 Å². The Kier molecular flexibility index (Phi) is 5.35. The summed E-state index contributed by atoms with van der Waals surface area (Å²) in [5, 5.41) is 11.8. The van der Waals surface area contributed by atoms with Crippen molar-refractivity contribution in [1.82, 2.24) is 24.9 Å². The lowest BCUT2D eigenvalue weighted by molar-refractivity contribution is -0.121. The van der Waals surface area contributed by atoms with Crippen molar-refractivity contribution in [3.8, 4) is 0 Å². The van der Waals surface area contributed by atoms with Crippen LogP contribution in [0.5, 0.6) is 0 Å². The summed E-state index contributed by atoms with van der Waals surface area (Å²) in [6.45, 7) is 7.00. The molecule has 7 heteroatoms. The quantitative estimate of drug-likeness (QED) is 0.707. The van der Waals surface area contributed by atoms with Crippen molar-refractivity contribution in [2.45, 2.75) is 46.2 Å². The van der Waals surface area contributed by atoms with Gasteiger partial charge in [0.25, 0.3) is 0 Å². The molecule has 0 saturated carbocycles. The topological polar surface area (TPSA) is 64.7 Å². The van der Waals surface area contributed by atoms with E-state index in [4.69, 9.17) is 0 Å². The van der Waals surface area contributed by atoms with Crippen LogP contribution in [-0.4, -0.2) is 32.0 Å². The predicted molar refractivity (Wildman–Crippen MR) is 98.4 cm³/mol. The molecule has 2 heterocycles. The van der Waals surface area contributed by atoms with Gasteiger partial charge in [-0.05, 0) is 38.8 Å². The summed E-state index contributed by atoms with van der Waals surface area (Å²) in [6.07, 6.45) is 2.59. The number of nitrogens with one attached hydrogen (secondary N) is 1. The highest BCUT2D eigenvalue weighted by Crippen LogP contribution is 2.21. The molecule has 0 bridgehead atoms. The zero-order valence-corrected chi connectivity index (χ0v) is 15.4. The Balaban J connectivity index is 1.55. The third kappa shape index (κ3) is 3.76. The Morgan fingerprint density at radius 2 is 2.08 bits per heavy atom. The predicted octanol–water partition coefficient (Wildman–Crippen LogP) is 3.01. The Bertz CT molecular complexity index is 912. The molecule has 0 spiro atoms. The fraction of sp³-hybridized carbons (Fsp3) is 0.421. The lowest BCUT2D eigenvalue weighted by Gasteiger charge is -2.07. The van der Waals surface area contributed by atoms with Gasteiger partial charge in [0, 0.05) is 19.0 Å². The van der Waals surface area contributed by atoms with Crippen molar-refractivity contribution < 1.29 is 9.18 Å². The van der Waals surface area contributed by atoms with Gasteiger partial charge in [-0.3, -0.25) is 14.2 Å². The molecule has 0 atom stereocenters. The van der Waals surface area contributed by atoms with Crippen LogP contribution < -0.4 is 5.32 Å². The van der Waals surface area contributed by atoms with Gasteiger partial charge in [-0.2, -0.15) is 10.2 Å². The normalized spacial score (nSPS) is 11.4. The van der Waals surface area contributed by atoms with Gasteiger partial charge < -0.3 is 5.32 Å². The van der Waals surface area contributed by atoms with Crippen molar-refractivity contribution in [3.63, 3.8) is 0 Å². The first-order valence-corrected chi connectivity index (χ1v) is 8.88. The maximum atomic E-state index is 13.6. The minimum atomic E-state index is -0.238. The molecule has 26 heavy (non-hydrogen) atoms. The number of carbonyl (C=O) groups excluding carboxylic acids is 1. The van der Waals surface area contributed by atoms with Gasteiger partial charge in [-0.15, -0.1) is 0 Å². The van der Waals surface area contributed by atoms with Gasteiger partial charge in [-0.25, -0.2) is 4.39 Å². The molecule has 0 unspecified atom stereocenters. The molecule has 3 rings (SSSR count). The second-order valence-corrected chi connectivity index (χ2v) is 6.67. The van der Waals surface area contributed by atoms with E-state index in [0.717, 1.165) is 16.7 Å². The molecule has 1 amide bonds. The van der Waals surface area contributed by atoms with E-state index in [1.807, 2.05) is 16.3 Å². The monoisotopic (exact) mass is 357 g/mol. The summed E-state index contributed by atoms with van der Waals surface area (Å²) in [6, 6.07) is 6.87. The number of hydrogen-bond acceptors (Lipinski definition) is 3. The number of amides is 1. The zero-order chi connectivity index (χ0) is 18.7. The Morgan fingerprint density at radius 3 is 2.81 bits per heavy atom. The largest absolute Gasteiger partial charge is 0.356 e. The number of carbonyl (C=O) groups is 1.